The summed E-state index contributed by atoms with van der Waals surface area (Å²) < 4.78 is 70.7. The number of nitrogens with zero attached hydrogens (tertiary/aromatic N) is 1. The summed E-state index contributed by atoms with van der Waals surface area (Å²) in [5.41, 5.74) is 4.20. The second-order valence-corrected chi connectivity index (χ2v) is 16.3. The first-order chi connectivity index (χ1) is 35.9. The standard InChI is InChI=1S/C51H77N3O19/c1-60-18-19-62-22-23-64-26-27-66-30-31-68-34-35-70-38-39-71-37-36-69-33-32-67-29-28-65-25-24-63-21-20-61-17-15-47(55)52-16-7-6-12-46(50(58)73-54-48(56)13-14-49(54)57)53-51(59)72-40-45-43-10-4-2-8-41(43)42-9-3-5-11-44(42)45/h2-5,8-11,45-46H,6-7,12-40H2,1H3,(H,52,55)(H,53,59)/t46-/m0/s1. The molecule has 1 saturated heterocycles. The number of carbonyl (C=O) groups excluding carboxylic acids is 5. The Labute approximate surface area is 428 Å². The third-order valence-corrected chi connectivity index (χ3v) is 11.0. The summed E-state index contributed by atoms with van der Waals surface area (Å²) in [6.07, 6.45) is 0.132. The molecular formula is C51H77N3O19. The summed E-state index contributed by atoms with van der Waals surface area (Å²) in [6.45, 7) is 10.8. The molecule has 0 unspecified atom stereocenters. The van der Waals surface area contributed by atoms with Crippen LogP contribution in [-0.2, 0) is 85.6 Å². The number of nitrogens with one attached hydrogen (secondary N) is 2. The summed E-state index contributed by atoms with van der Waals surface area (Å²) >= 11 is 0. The number of unbranched alkanes of at least 4 members (excludes halogenated alkanes) is 1. The lowest BCUT2D eigenvalue weighted by Crippen LogP contribution is -2.45. The van der Waals surface area contributed by atoms with Crippen molar-refractivity contribution in [1.82, 2.24) is 15.7 Å². The molecule has 0 saturated carbocycles. The molecule has 0 radical (unpaired) electrons. The highest BCUT2D eigenvalue weighted by Gasteiger charge is 2.36. The Balaban J connectivity index is 0.887. The average Bonchev–Trinajstić information content (AvgIpc) is 3.89. The van der Waals surface area contributed by atoms with Gasteiger partial charge >= 0.3 is 12.1 Å². The fraction of sp³-hybridized carbons (Fsp3) is 0.667. The highest BCUT2D eigenvalue weighted by molar-refractivity contribution is 6.02. The minimum Gasteiger partial charge on any atom is -0.449 e. The molecule has 1 heterocycles. The Bertz CT molecular complexity index is 1780. The Morgan fingerprint density at radius 2 is 0.918 bits per heavy atom. The number of fused-ring (bicyclic) bond motifs is 3. The molecule has 2 aromatic carbocycles. The van der Waals surface area contributed by atoms with Crippen molar-refractivity contribution in [2.45, 2.75) is 50.5 Å². The number of methoxy groups -OCH3 is 1. The fourth-order valence-electron chi connectivity index (χ4n) is 7.24. The molecule has 4 amide bonds. The van der Waals surface area contributed by atoms with Crippen LogP contribution in [0.4, 0.5) is 4.79 Å². The van der Waals surface area contributed by atoms with E-state index in [1.54, 1.807) is 7.11 Å². The number of hydrogen-bond donors (Lipinski definition) is 2. The summed E-state index contributed by atoms with van der Waals surface area (Å²) in [7, 11) is 1.64. The van der Waals surface area contributed by atoms with Gasteiger partial charge in [-0.05, 0) is 41.5 Å². The van der Waals surface area contributed by atoms with Crippen molar-refractivity contribution in [2.75, 3.05) is 172 Å². The molecule has 2 N–H and O–H groups in total. The fourth-order valence-corrected chi connectivity index (χ4v) is 7.24. The Kier molecular flexibility index (Phi) is 33.1. The summed E-state index contributed by atoms with van der Waals surface area (Å²) in [5, 5.41) is 5.81. The largest absolute Gasteiger partial charge is 0.449 e. The van der Waals surface area contributed by atoms with Crippen LogP contribution in [0.1, 0.15) is 55.6 Å². The van der Waals surface area contributed by atoms with Gasteiger partial charge in [-0.15, -0.1) is 5.06 Å². The van der Waals surface area contributed by atoms with E-state index in [4.69, 9.17) is 66.4 Å². The maximum Gasteiger partial charge on any atom is 0.407 e. The van der Waals surface area contributed by atoms with Crippen LogP contribution in [0, 0.1) is 0 Å². The van der Waals surface area contributed by atoms with E-state index in [0.29, 0.717) is 170 Å². The molecule has 0 spiro atoms. The van der Waals surface area contributed by atoms with Gasteiger partial charge in [-0.1, -0.05) is 48.5 Å². The van der Waals surface area contributed by atoms with Crippen LogP contribution in [0.5, 0.6) is 0 Å². The first-order valence-electron chi connectivity index (χ1n) is 25.2. The van der Waals surface area contributed by atoms with Crippen molar-refractivity contribution in [3.05, 3.63) is 59.7 Å². The molecule has 22 nitrogen and oxygen atoms in total. The third-order valence-electron chi connectivity index (χ3n) is 11.0. The molecule has 410 valence electrons. The van der Waals surface area contributed by atoms with Gasteiger partial charge in [0.1, 0.15) is 12.6 Å². The Morgan fingerprint density at radius 1 is 0.534 bits per heavy atom. The predicted octanol–water partition coefficient (Wildman–Crippen LogP) is 3.01. The highest BCUT2D eigenvalue weighted by atomic mass is 16.7. The van der Waals surface area contributed by atoms with Crippen LogP contribution in [0.15, 0.2) is 48.5 Å². The van der Waals surface area contributed by atoms with Gasteiger partial charge in [0.25, 0.3) is 11.8 Å². The number of alkyl carbamates (subject to hydrolysis) is 1. The van der Waals surface area contributed by atoms with Crippen LogP contribution >= 0.6 is 0 Å². The van der Waals surface area contributed by atoms with Crippen LogP contribution in [0.2, 0.25) is 0 Å². The molecular weight excluding hydrogens is 959 g/mol. The molecule has 0 bridgehead atoms. The summed E-state index contributed by atoms with van der Waals surface area (Å²) in [6, 6.07) is 14.6. The molecule has 1 aliphatic heterocycles. The second kappa shape index (κ2) is 39.7. The summed E-state index contributed by atoms with van der Waals surface area (Å²) in [4.78, 5) is 67.9. The third kappa shape index (κ3) is 26.4. The number of ether oxygens (including phenoxy) is 13. The predicted molar refractivity (Wildman–Crippen MR) is 262 cm³/mol. The van der Waals surface area contributed by atoms with E-state index in [1.807, 2.05) is 48.5 Å². The maximum atomic E-state index is 13.1. The van der Waals surface area contributed by atoms with Crippen molar-refractivity contribution in [3.8, 4) is 11.1 Å². The minimum absolute atomic E-state index is 0.0267. The zero-order valence-corrected chi connectivity index (χ0v) is 42.4. The van der Waals surface area contributed by atoms with E-state index in [0.717, 1.165) is 22.3 Å². The lowest BCUT2D eigenvalue weighted by molar-refractivity contribution is -0.199. The van der Waals surface area contributed by atoms with Gasteiger partial charge in [0, 0.05) is 38.8 Å². The van der Waals surface area contributed by atoms with Crippen LogP contribution in [-0.4, -0.2) is 213 Å². The minimum atomic E-state index is -1.22. The number of rotatable bonds is 46. The monoisotopic (exact) mass is 1040 g/mol. The van der Waals surface area contributed by atoms with Crippen molar-refractivity contribution in [1.29, 1.82) is 0 Å². The van der Waals surface area contributed by atoms with E-state index in [2.05, 4.69) is 10.6 Å². The number of imide groups is 1. The quantitative estimate of drug-likeness (QED) is 0.0715. The van der Waals surface area contributed by atoms with E-state index in [1.165, 1.54) is 0 Å². The zero-order chi connectivity index (χ0) is 51.8. The number of hydrogen-bond acceptors (Lipinski definition) is 19. The number of hydroxylamine groups is 2. The normalized spacial score (nSPS) is 13.6. The molecule has 2 aromatic rings. The van der Waals surface area contributed by atoms with Gasteiger partial charge in [0.05, 0.1) is 152 Å². The first-order valence-corrected chi connectivity index (χ1v) is 25.2. The Morgan fingerprint density at radius 3 is 1.33 bits per heavy atom. The molecule has 4 rings (SSSR count). The highest BCUT2D eigenvalue weighted by Crippen LogP contribution is 2.44. The van der Waals surface area contributed by atoms with E-state index >= 15 is 0 Å². The molecule has 1 atom stereocenters. The SMILES string of the molecule is COCCOCCOCCOCCOCCOCCOCCOCCOCCOCCOCCOCCC(=O)NCCCC[C@H](NC(=O)OCC1c2ccccc2-c2ccccc21)C(=O)ON1C(=O)CCC1=O. The van der Waals surface area contributed by atoms with Crippen LogP contribution in [0.3, 0.4) is 0 Å². The van der Waals surface area contributed by atoms with Crippen molar-refractivity contribution >= 4 is 29.8 Å². The molecule has 1 fully saturated rings. The van der Waals surface area contributed by atoms with Gasteiger partial charge in [-0.3, -0.25) is 14.4 Å². The van der Waals surface area contributed by atoms with Gasteiger partial charge in [0.15, 0.2) is 0 Å². The van der Waals surface area contributed by atoms with E-state index in [9.17, 15) is 24.0 Å². The zero-order valence-electron chi connectivity index (χ0n) is 42.4. The average molecular weight is 1040 g/mol. The van der Waals surface area contributed by atoms with Gasteiger partial charge in [0.2, 0.25) is 5.91 Å². The van der Waals surface area contributed by atoms with Crippen LogP contribution in [0.25, 0.3) is 11.1 Å². The molecule has 22 heteroatoms. The van der Waals surface area contributed by atoms with E-state index in [-0.39, 0.29) is 50.7 Å². The number of benzene rings is 2. The number of carbonyl (C=O) groups is 5. The second-order valence-electron chi connectivity index (χ2n) is 16.3. The number of amides is 4. The maximum absolute atomic E-state index is 13.1. The van der Waals surface area contributed by atoms with Crippen molar-refractivity contribution in [3.63, 3.8) is 0 Å². The van der Waals surface area contributed by atoms with Gasteiger partial charge in [-0.2, -0.15) is 0 Å². The molecule has 0 aromatic heterocycles. The van der Waals surface area contributed by atoms with Gasteiger partial charge in [-0.25, -0.2) is 9.59 Å². The van der Waals surface area contributed by atoms with Crippen molar-refractivity contribution < 1.29 is 90.4 Å². The molecule has 2 aliphatic rings. The lowest BCUT2D eigenvalue weighted by atomic mass is 9.98. The first kappa shape index (κ1) is 60.9. The summed E-state index contributed by atoms with van der Waals surface area (Å²) in [5.74, 6) is -2.64. The van der Waals surface area contributed by atoms with E-state index < -0.39 is 29.9 Å². The smallest absolute Gasteiger partial charge is 0.407 e. The van der Waals surface area contributed by atoms with Crippen molar-refractivity contribution in [2.24, 2.45) is 0 Å². The Hall–Kier alpha value is -4.69. The van der Waals surface area contributed by atoms with Gasteiger partial charge < -0.3 is 77.1 Å². The molecule has 1 aliphatic carbocycles. The molecule has 73 heavy (non-hydrogen) atoms. The lowest BCUT2D eigenvalue weighted by Gasteiger charge is -2.21. The topological polar surface area (TPSA) is 242 Å². The van der Waals surface area contributed by atoms with Crippen LogP contribution < -0.4 is 10.6 Å².